The first kappa shape index (κ1) is 10.1. The molecule has 0 unspecified atom stereocenters. The molecule has 2 N–H and O–H groups in total. The first-order valence-electron chi connectivity index (χ1n) is 5.19. The van der Waals surface area contributed by atoms with Gasteiger partial charge in [0, 0.05) is 6.07 Å². The van der Waals surface area contributed by atoms with E-state index in [1.54, 1.807) is 4.68 Å². The summed E-state index contributed by atoms with van der Waals surface area (Å²) in [6.45, 7) is 0. The molecule has 1 aliphatic carbocycles. The number of tetrazole rings is 1. The molecule has 1 aromatic carbocycles. The molecule has 0 saturated heterocycles. The number of benzene rings is 1. The maximum absolute atomic E-state index is 13.7. The minimum atomic E-state index is -0.781. The second-order valence-corrected chi connectivity index (χ2v) is 4.03. The molecule has 5 nitrogen and oxygen atoms in total. The quantitative estimate of drug-likeness (QED) is 0.804. The van der Waals surface area contributed by atoms with Crippen LogP contribution in [-0.4, -0.2) is 20.2 Å². The molecule has 0 atom stereocenters. The molecule has 7 heteroatoms. The Morgan fingerprint density at radius 3 is 2.71 bits per heavy atom. The van der Waals surface area contributed by atoms with Crippen molar-refractivity contribution in [3.8, 4) is 11.4 Å². The van der Waals surface area contributed by atoms with Crippen LogP contribution in [0.4, 0.5) is 14.5 Å². The third-order valence-corrected chi connectivity index (χ3v) is 2.71. The Labute approximate surface area is 95.2 Å². The van der Waals surface area contributed by atoms with E-state index in [2.05, 4.69) is 15.5 Å². The summed E-state index contributed by atoms with van der Waals surface area (Å²) in [5, 5.41) is 11.1. The van der Waals surface area contributed by atoms with E-state index >= 15 is 0 Å². The molecule has 1 fully saturated rings. The van der Waals surface area contributed by atoms with Crippen LogP contribution in [0.3, 0.4) is 0 Å². The maximum Gasteiger partial charge on any atom is 0.185 e. The summed E-state index contributed by atoms with van der Waals surface area (Å²) >= 11 is 0. The highest BCUT2D eigenvalue weighted by Gasteiger charge is 2.29. The Morgan fingerprint density at radius 2 is 2.00 bits per heavy atom. The van der Waals surface area contributed by atoms with Gasteiger partial charge in [-0.1, -0.05) is 0 Å². The van der Waals surface area contributed by atoms with E-state index in [-0.39, 0.29) is 23.1 Å². The van der Waals surface area contributed by atoms with Crippen molar-refractivity contribution in [2.75, 3.05) is 5.73 Å². The molecule has 2 aromatic rings. The van der Waals surface area contributed by atoms with Crippen molar-refractivity contribution in [2.45, 2.75) is 18.9 Å². The van der Waals surface area contributed by atoms with Gasteiger partial charge in [0.2, 0.25) is 0 Å². The normalized spacial score (nSPS) is 15.2. The van der Waals surface area contributed by atoms with Gasteiger partial charge in [0.15, 0.2) is 5.82 Å². The van der Waals surface area contributed by atoms with E-state index in [9.17, 15) is 8.78 Å². The zero-order valence-electron chi connectivity index (χ0n) is 8.77. The summed E-state index contributed by atoms with van der Waals surface area (Å²) in [5.41, 5.74) is 5.42. The van der Waals surface area contributed by atoms with Crippen LogP contribution in [0.2, 0.25) is 0 Å². The molecule has 0 aliphatic heterocycles. The van der Waals surface area contributed by atoms with Gasteiger partial charge in [0.25, 0.3) is 0 Å². The third-order valence-electron chi connectivity index (χ3n) is 2.71. The van der Waals surface area contributed by atoms with Crippen LogP contribution in [0.5, 0.6) is 0 Å². The smallest absolute Gasteiger partial charge is 0.185 e. The molecule has 88 valence electrons. The van der Waals surface area contributed by atoms with Gasteiger partial charge in [-0.15, -0.1) is 5.10 Å². The van der Waals surface area contributed by atoms with Crippen LogP contribution in [0.1, 0.15) is 18.9 Å². The Bertz CT molecular complexity index is 576. The van der Waals surface area contributed by atoms with E-state index in [0.717, 1.165) is 18.9 Å². The number of hydrogen-bond acceptors (Lipinski definition) is 4. The zero-order chi connectivity index (χ0) is 12.0. The Kier molecular flexibility index (Phi) is 2.07. The van der Waals surface area contributed by atoms with Gasteiger partial charge in [0.05, 0.1) is 17.3 Å². The van der Waals surface area contributed by atoms with E-state index in [4.69, 9.17) is 5.73 Å². The van der Waals surface area contributed by atoms with Gasteiger partial charge in [-0.2, -0.15) is 0 Å². The molecular formula is C10H9F2N5. The minimum Gasteiger partial charge on any atom is -0.396 e. The lowest BCUT2D eigenvalue weighted by Crippen LogP contribution is -2.02. The summed E-state index contributed by atoms with van der Waals surface area (Å²) in [4.78, 5) is 0. The topological polar surface area (TPSA) is 69.6 Å². The lowest BCUT2D eigenvalue weighted by Gasteiger charge is -2.05. The summed E-state index contributed by atoms with van der Waals surface area (Å²) in [7, 11) is 0. The molecule has 0 spiro atoms. The third kappa shape index (κ3) is 1.63. The summed E-state index contributed by atoms with van der Waals surface area (Å²) < 4.78 is 28.3. The lowest BCUT2D eigenvalue weighted by molar-refractivity contribution is 0.582. The molecule has 17 heavy (non-hydrogen) atoms. The highest BCUT2D eigenvalue weighted by molar-refractivity contribution is 5.62. The van der Waals surface area contributed by atoms with Gasteiger partial charge < -0.3 is 5.73 Å². The summed E-state index contributed by atoms with van der Waals surface area (Å²) in [6, 6.07) is 2.18. The Balaban J connectivity index is 2.14. The van der Waals surface area contributed by atoms with Crippen LogP contribution >= 0.6 is 0 Å². The van der Waals surface area contributed by atoms with E-state index in [1.165, 1.54) is 6.07 Å². The first-order valence-corrected chi connectivity index (χ1v) is 5.19. The Morgan fingerprint density at radius 1 is 1.24 bits per heavy atom. The highest BCUT2D eigenvalue weighted by Crippen LogP contribution is 2.37. The fourth-order valence-corrected chi connectivity index (χ4v) is 1.67. The predicted octanol–water partition coefficient (Wildman–Crippen LogP) is 1.54. The molecule has 1 aromatic heterocycles. The number of nitrogen functional groups attached to an aromatic ring is 1. The molecule has 1 heterocycles. The van der Waals surface area contributed by atoms with Crippen LogP contribution in [0.15, 0.2) is 12.1 Å². The average molecular weight is 237 g/mol. The number of nitrogens with zero attached hydrogens (tertiary/aromatic N) is 4. The van der Waals surface area contributed by atoms with Crippen molar-refractivity contribution >= 4 is 5.69 Å². The van der Waals surface area contributed by atoms with Crippen LogP contribution in [0, 0.1) is 11.6 Å². The Hall–Kier alpha value is -2.05. The predicted molar refractivity (Wildman–Crippen MR) is 55.9 cm³/mol. The van der Waals surface area contributed by atoms with Gasteiger partial charge in [-0.25, -0.2) is 13.5 Å². The molecule has 0 bridgehead atoms. The molecule has 3 rings (SSSR count). The number of hydrogen-bond donors (Lipinski definition) is 1. The number of halogens is 2. The van der Waals surface area contributed by atoms with Crippen molar-refractivity contribution < 1.29 is 8.78 Å². The van der Waals surface area contributed by atoms with Crippen molar-refractivity contribution in [3.63, 3.8) is 0 Å². The number of rotatable bonds is 2. The highest BCUT2D eigenvalue weighted by atomic mass is 19.1. The number of aromatic nitrogens is 4. The maximum atomic E-state index is 13.7. The van der Waals surface area contributed by atoms with Crippen LogP contribution < -0.4 is 5.73 Å². The largest absolute Gasteiger partial charge is 0.396 e. The monoisotopic (exact) mass is 237 g/mol. The van der Waals surface area contributed by atoms with Crippen molar-refractivity contribution in [2.24, 2.45) is 0 Å². The van der Waals surface area contributed by atoms with Crippen LogP contribution in [-0.2, 0) is 0 Å². The lowest BCUT2D eigenvalue weighted by atomic mass is 10.1. The fourth-order valence-electron chi connectivity index (χ4n) is 1.67. The van der Waals surface area contributed by atoms with E-state index < -0.39 is 11.6 Å². The van der Waals surface area contributed by atoms with Gasteiger partial charge in [-0.3, -0.25) is 0 Å². The molecule has 0 amide bonds. The van der Waals surface area contributed by atoms with Crippen molar-refractivity contribution in [1.82, 2.24) is 20.2 Å². The second kappa shape index (κ2) is 3.47. The second-order valence-electron chi connectivity index (χ2n) is 4.03. The average Bonchev–Trinajstić information content (AvgIpc) is 3.02. The SMILES string of the molecule is Nc1cc(-c2nnnn2C2CC2)c(F)cc1F. The van der Waals surface area contributed by atoms with E-state index in [0.29, 0.717) is 0 Å². The van der Waals surface area contributed by atoms with Crippen molar-refractivity contribution in [3.05, 3.63) is 23.8 Å². The molecule has 1 saturated carbocycles. The number of anilines is 1. The van der Waals surface area contributed by atoms with Gasteiger partial charge in [0.1, 0.15) is 11.6 Å². The summed E-state index contributed by atoms with van der Waals surface area (Å²) in [5.74, 6) is -1.21. The fraction of sp³-hybridized carbons (Fsp3) is 0.300. The van der Waals surface area contributed by atoms with Gasteiger partial charge in [-0.05, 0) is 29.3 Å². The molecule has 0 radical (unpaired) electrons. The first-order chi connectivity index (χ1) is 8.16. The molecular weight excluding hydrogens is 228 g/mol. The van der Waals surface area contributed by atoms with Crippen LogP contribution in [0.25, 0.3) is 11.4 Å². The minimum absolute atomic E-state index is 0.119. The summed E-state index contributed by atoms with van der Waals surface area (Å²) in [6.07, 6.45) is 1.94. The van der Waals surface area contributed by atoms with Gasteiger partial charge >= 0.3 is 0 Å². The van der Waals surface area contributed by atoms with E-state index in [1.807, 2.05) is 0 Å². The number of nitrogens with two attached hydrogens (primary N) is 1. The van der Waals surface area contributed by atoms with Crippen molar-refractivity contribution in [1.29, 1.82) is 0 Å². The standard InChI is InChI=1S/C10H9F2N5/c11-7-4-8(12)9(13)3-6(7)10-14-15-16-17(10)5-1-2-5/h3-5H,1-2,13H2. The molecule has 1 aliphatic rings. The zero-order valence-corrected chi connectivity index (χ0v) is 8.77.